The normalized spacial score (nSPS) is 18.9. The zero-order valence-corrected chi connectivity index (χ0v) is 14.6. The van der Waals surface area contributed by atoms with Crippen molar-refractivity contribution in [1.29, 1.82) is 0 Å². The molecule has 27 heavy (non-hydrogen) atoms. The van der Waals surface area contributed by atoms with Crippen molar-refractivity contribution in [2.75, 3.05) is 18.5 Å². The van der Waals surface area contributed by atoms with Crippen molar-refractivity contribution < 1.29 is 14.3 Å². The number of carbonyl (C=O) groups excluding carboxylic acids is 2. The molecule has 2 amide bonds. The second kappa shape index (κ2) is 6.12. The Labute approximate surface area is 155 Å². The highest BCUT2D eigenvalue weighted by molar-refractivity contribution is 6.00. The molecule has 0 aliphatic carbocycles. The highest BCUT2D eigenvalue weighted by atomic mass is 16.5. The standard InChI is InChI=1S/C20H18N4O3/c25-18-11-27-17-8-7-12(10-15(17)21-18)20(26)24-9-3-6-16(24)19-22-13-4-1-2-5-14(13)23-19/h1-2,4-5,7-8,10,16H,3,6,9,11H2,(H,21,25)(H,22,23)/t16-/m0/s1. The third-order valence-corrected chi connectivity index (χ3v) is 5.10. The summed E-state index contributed by atoms with van der Waals surface area (Å²) in [5.41, 5.74) is 2.94. The Morgan fingerprint density at radius 1 is 1.22 bits per heavy atom. The molecule has 1 saturated heterocycles. The van der Waals surface area contributed by atoms with Crippen LogP contribution in [-0.2, 0) is 4.79 Å². The van der Waals surface area contributed by atoms with E-state index in [2.05, 4.69) is 15.3 Å². The molecule has 0 spiro atoms. The largest absolute Gasteiger partial charge is 0.482 e. The molecule has 0 saturated carbocycles. The van der Waals surface area contributed by atoms with Gasteiger partial charge in [-0.2, -0.15) is 0 Å². The minimum Gasteiger partial charge on any atom is -0.482 e. The maximum atomic E-state index is 13.1. The van der Waals surface area contributed by atoms with E-state index in [4.69, 9.17) is 4.74 Å². The molecule has 0 bridgehead atoms. The topological polar surface area (TPSA) is 87.3 Å². The average Bonchev–Trinajstić information content (AvgIpc) is 3.33. The second-order valence-electron chi connectivity index (χ2n) is 6.84. The van der Waals surface area contributed by atoms with Gasteiger partial charge in [0.2, 0.25) is 0 Å². The number of hydrogen-bond acceptors (Lipinski definition) is 4. The van der Waals surface area contributed by atoms with Crippen molar-refractivity contribution >= 4 is 28.5 Å². The quantitative estimate of drug-likeness (QED) is 0.734. The van der Waals surface area contributed by atoms with Crippen LogP contribution in [0.25, 0.3) is 11.0 Å². The first kappa shape index (κ1) is 15.9. The van der Waals surface area contributed by atoms with Gasteiger partial charge in [0.05, 0.1) is 22.8 Å². The van der Waals surface area contributed by atoms with Crippen LogP contribution in [0.15, 0.2) is 42.5 Å². The van der Waals surface area contributed by atoms with Crippen LogP contribution in [0.1, 0.15) is 35.1 Å². The molecule has 0 unspecified atom stereocenters. The molecular weight excluding hydrogens is 344 g/mol. The van der Waals surface area contributed by atoms with E-state index in [1.54, 1.807) is 18.2 Å². The number of aromatic nitrogens is 2. The van der Waals surface area contributed by atoms with Gasteiger partial charge in [0.15, 0.2) is 6.61 Å². The Balaban J connectivity index is 1.45. The van der Waals surface area contributed by atoms with Crippen LogP contribution in [0.3, 0.4) is 0 Å². The molecular formula is C20H18N4O3. The molecule has 1 atom stereocenters. The lowest BCUT2D eigenvalue weighted by Gasteiger charge is -2.24. The Kier molecular flexibility index (Phi) is 3.60. The molecule has 1 fully saturated rings. The number of ether oxygens (including phenoxy) is 1. The van der Waals surface area contributed by atoms with Gasteiger partial charge in [0, 0.05) is 12.1 Å². The smallest absolute Gasteiger partial charge is 0.262 e. The van der Waals surface area contributed by atoms with Crippen LogP contribution in [0.5, 0.6) is 5.75 Å². The number of likely N-dealkylation sites (tertiary alicyclic amines) is 1. The SMILES string of the molecule is O=C1COc2ccc(C(=O)N3CCC[C@H]3c3nc4ccccc4[nH]3)cc2N1. The number of benzene rings is 2. The number of rotatable bonds is 2. The van der Waals surface area contributed by atoms with E-state index in [1.807, 2.05) is 29.2 Å². The lowest BCUT2D eigenvalue weighted by atomic mass is 10.1. The molecule has 3 aromatic rings. The van der Waals surface area contributed by atoms with Gasteiger partial charge in [-0.25, -0.2) is 4.98 Å². The number of nitrogens with zero attached hydrogens (tertiary/aromatic N) is 2. The molecule has 0 radical (unpaired) electrons. The summed E-state index contributed by atoms with van der Waals surface area (Å²) in [6, 6.07) is 12.9. The van der Waals surface area contributed by atoms with Gasteiger partial charge in [-0.05, 0) is 43.2 Å². The van der Waals surface area contributed by atoms with Crippen molar-refractivity contribution in [2.45, 2.75) is 18.9 Å². The van der Waals surface area contributed by atoms with Crippen LogP contribution >= 0.6 is 0 Å². The van der Waals surface area contributed by atoms with Gasteiger partial charge >= 0.3 is 0 Å². The van der Waals surface area contributed by atoms with Crippen molar-refractivity contribution in [3.63, 3.8) is 0 Å². The summed E-state index contributed by atoms with van der Waals surface area (Å²) < 4.78 is 5.37. The van der Waals surface area contributed by atoms with Gasteiger partial charge in [-0.3, -0.25) is 9.59 Å². The van der Waals surface area contributed by atoms with Gasteiger partial charge in [0.1, 0.15) is 11.6 Å². The monoisotopic (exact) mass is 362 g/mol. The fourth-order valence-corrected chi connectivity index (χ4v) is 3.81. The first-order valence-corrected chi connectivity index (χ1v) is 9.01. The maximum absolute atomic E-state index is 13.1. The van der Waals surface area contributed by atoms with Crippen LogP contribution in [-0.4, -0.2) is 39.8 Å². The minimum atomic E-state index is -0.214. The first-order chi connectivity index (χ1) is 13.2. The zero-order chi connectivity index (χ0) is 18.4. The molecule has 7 nitrogen and oxygen atoms in total. The summed E-state index contributed by atoms with van der Waals surface area (Å²) in [6.07, 6.45) is 1.80. The maximum Gasteiger partial charge on any atom is 0.262 e. The van der Waals surface area contributed by atoms with Gasteiger partial charge in [-0.15, -0.1) is 0 Å². The van der Waals surface area contributed by atoms with Gasteiger partial charge in [0.25, 0.3) is 11.8 Å². The van der Waals surface area contributed by atoms with Crippen LogP contribution < -0.4 is 10.1 Å². The summed E-state index contributed by atoms with van der Waals surface area (Å²) in [5, 5.41) is 2.75. The highest BCUT2D eigenvalue weighted by Crippen LogP contribution is 2.34. The molecule has 2 aliphatic rings. The van der Waals surface area contributed by atoms with E-state index in [-0.39, 0.29) is 24.5 Å². The minimum absolute atomic E-state index is 0.000541. The summed E-state index contributed by atoms with van der Waals surface area (Å²) in [7, 11) is 0. The van der Waals surface area contributed by atoms with E-state index in [1.165, 1.54) is 0 Å². The predicted molar refractivity (Wildman–Crippen MR) is 99.7 cm³/mol. The molecule has 2 aliphatic heterocycles. The zero-order valence-electron chi connectivity index (χ0n) is 14.6. The van der Waals surface area contributed by atoms with Gasteiger partial charge in [-0.1, -0.05) is 12.1 Å². The summed E-state index contributed by atoms with van der Waals surface area (Å²) in [5.74, 6) is 1.12. The van der Waals surface area contributed by atoms with Crippen LogP contribution in [0, 0.1) is 0 Å². The van der Waals surface area contributed by atoms with E-state index in [0.29, 0.717) is 23.5 Å². The summed E-state index contributed by atoms with van der Waals surface area (Å²) in [6.45, 7) is 0.682. The second-order valence-corrected chi connectivity index (χ2v) is 6.84. The number of anilines is 1. The number of carbonyl (C=O) groups is 2. The average molecular weight is 362 g/mol. The Morgan fingerprint density at radius 3 is 3.00 bits per heavy atom. The van der Waals surface area contributed by atoms with E-state index >= 15 is 0 Å². The molecule has 5 rings (SSSR count). The molecule has 136 valence electrons. The summed E-state index contributed by atoms with van der Waals surface area (Å²) in [4.78, 5) is 34.6. The molecule has 1 aromatic heterocycles. The molecule has 7 heteroatoms. The lowest BCUT2D eigenvalue weighted by Crippen LogP contribution is -2.31. The first-order valence-electron chi connectivity index (χ1n) is 9.01. The number of nitrogens with one attached hydrogen (secondary N) is 2. The Hall–Kier alpha value is -3.35. The third kappa shape index (κ3) is 2.71. The van der Waals surface area contributed by atoms with Crippen molar-refractivity contribution in [3.8, 4) is 5.75 Å². The molecule has 2 N–H and O–H groups in total. The Bertz CT molecular complexity index is 1030. The van der Waals surface area contributed by atoms with E-state index < -0.39 is 0 Å². The lowest BCUT2D eigenvalue weighted by molar-refractivity contribution is -0.118. The summed E-state index contributed by atoms with van der Waals surface area (Å²) >= 11 is 0. The van der Waals surface area contributed by atoms with E-state index in [0.717, 1.165) is 29.7 Å². The molecule has 3 heterocycles. The van der Waals surface area contributed by atoms with Crippen molar-refractivity contribution in [3.05, 3.63) is 53.9 Å². The van der Waals surface area contributed by atoms with Gasteiger partial charge < -0.3 is 19.9 Å². The number of H-pyrrole nitrogens is 1. The molecule has 2 aromatic carbocycles. The highest BCUT2D eigenvalue weighted by Gasteiger charge is 2.33. The fourth-order valence-electron chi connectivity index (χ4n) is 3.81. The number of imidazole rings is 1. The van der Waals surface area contributed by atoms with Crippen LogP contribution in [0.2, 0.25) is 0 Å². The number of para-hydroxylation sites is 2. The van der Waals surface area contributed by atoms with E-state index in [9.17, 15) is 9.59 Å². The van der Waals surface area contributed by atoms with Crippen LogP contribution in [0.4, 0.5) is 5.69 Å². The predicted octanol–water partition coefficient (Wildman–Crippen LogP) is 2.87. The van der Waals surface area contributed by atoms with Crippen molar-refractivity contribution in [1.82, 2.24) is 14.9 Å². The Morgan fingerprint density at radius 2 is 2.11 bits per heavy atom. The fraction of sp³-hybridized carbons (Fsp3) is 0.250. The van der Waals surface area contributed by atoms with Crippen molar-refractivity contribution in [2.24, 2.45) is 0 Å². The number of amides is 2. The number of fused-ring (bicyclic) bond motifs is 2. The number of aromatic amines is 1. The third-order valence-electron chi connectivity index (χ3n) is 5.10. The number of hydrogen-bond donors (Lipinski definition) is 2.